The van der Waals surface area contributed by atoms with Crippen molar-refractivity contribution in [2.75, 3.05) is 5.32 Å². The van der Waals surface area contributed by atoms with Gasteiger partial charge >= 0.3 is 12.1 Å². The molecule has 0 saturated carbocycles. The number of nitrogens with one attached hydrogen (secondary N) is 1. The molecule has 1 amide bonds. The zero-order valence-corrected chi connectivity index (χ0v) is 11.5. The van der Waals surface area contributed by atoms with Crippen molar-refractivity contribution >= 4 is 17.7 Å². The van der Waals surface area contributed by atoms with Gasteiger partial charge in [-0.2, -0.15) is 0 Å². The van der Waals surface area contributed by atoms with Gasteiger partial charge < -0.3 is 9.84 Å². The Morgan fingerprint density at radius 3 is 2.52 bits per heavy atom. The maximum absolute atomic E-state index is 11.7. The standard InChI is InChI=1S/C16H15NO4/c1-11-7-8-14(13(9-11)15(18)19)17-16(20)21-10-12-5-3-2-4-6-12/h2-9H,10H2,1H3,(H,17,20)(H,18,19). The van der Waals surface area contributed by atoms with E-state index in [-0.39, 0.29) is 17.9 Å². The number of carbonyl (C=O) groups excluding carboxylic acids is 1. The first-order chi connectivity index (χ1) is 10.1. The van der Waals surface area contributed by atoms with Crippen molar-refractivity contribution in [2.45, 2.75) is 13.5 Å². The molecule has 0 atom stereocenters. The van der Waals surface area contributed by atoms with Gasteiger partial charge in [0.1, 0.15) is 6.61 Å². The smallest absolute Gasteiger partial charge is 0.411 e. The van der Waals surface area contributed by atoms with Crippen molar-refractivity contribution < 1.29 is 19.4 Å². The highest BCUT2D eigenvalue weighted by Crippen LogP contribution is 2.18. The molecule has 2 rings (SSSR count). The molecule has 0 radical (unpaired) electrons. The van der Waals surface area contributed by atoms with E-state index in [4.69, 9.17) is 9.84 Å². The van der Waals surface area contributed by atoms with E-state index in [1.807, 2.05) is 30.3 Å². The lowest BCUT2D eigenvalue weighted by atomic mass is 10.1. The van der Waals surface area contributed by atoms with Crippen molar-refractivity contribution in [1.29, 1.82) is 0 Å². The van der Waals surface area contributed by atoms with Crippen molar-refractivity contribution in [1.82, 2.24) is 0 Å². The molecule has 0 aliphatic rings. The molecule has 2 aromatic rings. The summed E-state index contributed by atoms with van der Waals surface area (Å²) in [4.78, 5) is 22.9. The van der Waals surface area contributed by atoms with Crippen LogP contribution in [0.4, 0.5) is 10.5 Å². The number of benzene rings is 2. The van der Waals surface area contributed by atoms with E-state index in [1.165, 1.54) is 6.07 Å². The first-order valence-electron chi connectivity index (χ1n) is 6.38. The fourth-order valence-electron chi connectivity index (χ4n) is 1.81. The topological polar surface area (TPSA) is 75.6 Å². The van der Waals surface area contributed by atoms with Gasteiger partial charge in [0.2, 0.25) is 0 Å². The summed E-state index contributed by atoms with van der Waals surface area (Å²) in [6.07, 6.45) is -0.690. The second kappa shape index (κ2) is 6.56. The first kappa shape index (κ1) is 14.6. The molecule has 0 spiro atoms. The van der Waals surface area contributed by atoms with Gasteiger partial charge in [0.25, 0.3) is 0 Å². The van der Waals surface area contributed by atoms with Gasteiger partial charge in [-0.1, -0.05) is 42.0 Å². The van der Waals surface area contributed by atoms with Gasteiger partial charge in [-0.05, 0) is 24.6 Å². The van der Waals surface area contributed by atoms with Crippen LogP contribution >= 0.6 is 0 Å². The Morgan fingerprint density at radius 2 is 1.86 bits per heavy atom. The number of aryl methyl sites for hydroxylation is 1. The highest BCUT2D eigenvalue weighted by Gasteiger charge is 2.13. The van der Waals surface area contributed by atoms with Gasteiger partial charge in [0.05, 0.1) is 11.3 Å². The van der Waals surface area contributed by atoms with Crippen LogP contribution in [0.3, 0.4) is 0 Å². The minimum Gasteiger partial charge on any atom is -0.478 e. The molecule has 0 fully saturated rings. The highest BCUT2D eigenvalue weighted by atomic mass is 16.5. The van der Waals surface area contributed by atoms with Crippen molar-refractivity contribution in [3.05, 3.63) is 65.2 Å². The number of carboxylic acids is 1. The summed E-state index contributed by atoms with van der Waals surface area (Å²) in [5, 5.41) is 11.6. The number of carbonyl (C=O) groups is 2. The molecule has 0 saturated heterocycles. The van der Waals surface area contributed by atoms with Crippen LogP contribution in [0.25, 0.3) is 0 Å². The molecule has 0 unspecified atom stereocenters. The normalized spacial score (nSPS) is 9.95. The molecule has 5 nitrogen and oxygen atoms in total. The van der Waals surface area contributed by atoms with Crippen LogP contribution in [0, 0.1) is 6.92 Å². The molecule has 0 aromatic heterocycles. The second-order valence-corrected chi connectivity index (χ2v) is 4.54. The minimum absolute atomic E-state index is 0.0339. The summed E-state index contributed by atoms with van der Waals surface area (Å²) >= 11 is 0. The Hall–Kier alpha value is -2.82. The van der Waals surface area contributed by atoms with Gasteiger partial charge in [-0.3, -0.25) is 5.32 Å². The zero-order chi connectivity index (χ0) is 15.2. The van der Waals surface area contributed by atoms with E-state index >= 15 is 0 Å². The van der Waals surface area contributed by atoms with E-state index in [9.17, 15) is 9.59 Å². The Balaban J connectivity index is 2.01. The quantitative estimate of drug-likeness (QED) is 0.902. The predicted octanol–water partition coefficient (Wildman–Crippen LogP) is 3.44. The molecule has 0 aliphatic carbocycles. The van der Waals surface area contributed by atoms with Crippen LogP contribution in [0.2, 0.25) is 0 Å². The number of hydrogen-bond donors (Lipinski definition) is 2. The average molecular weight is 285 g/mol. The van der Waals surface area contributed by atoms with E-state index in [0.717, 1.165) is 11.1 Å². The third-order valence-electron chi connectivity index (χ3n) is 2.85. The number of amides is 1. The summed E-state index contributed by atoms with van der Waals surface area (Å²) < 4.78 is 5.05. The third kappa shape index (κ3) is 4.07. The Bertz CT molecular complexity index is 653. The lowest BCUT2D eigenvalue weighted by Gasteiger charge is -2.10. The monoisotopic (exact) mass is 285 g/mol. The molecular formula is C16H15NO4. The van der Waals surface area contributed by atoms with E-state index in [0.29, 0.717) is 0 Å². The van der Waals surface area contributed by atoms with E-state index in [1.54, 1.807) is 19.1 Å². The number of hydrogen-bond acceptors (Lipinski definition) is 3. The lowest BCUT2D eigenvalue weighted by Crippen LogP contribution is -2.16. The van der Waals surface area contributed by atoms with Gasteiger partial charge in [-0.25, -0.2) is 9.59 Å². The Kier molecular flexibility index (Phi) is 4.56. The van der Waals surface area contributed by atoms with Crippen LogP contribution in [0.1, 0.15) is 21.5 Å². The van der Waals surface area contributed by atoms with Gasteiger partial charge in [-0.15, -0.1) is 0 Å². The second-order valence-electron chi connectivity index (χ2n) is 4.54. The van der Waals surface area contributed by atoms with Crippen LogP contribution in [-0.2, 0) is 11.3 Å². The molecule has 21 heavy (non-hydrogen) atoms. The summed E-state index contributed by atoms with van der Waals surface area (Å²) in [7, 11) is 0. The maximum atomic E-state index is 11.7. The van der Waals surface area contributed by atoms with Crippen molar-refractivity contribution in [3.63, 3.8) is 0 Å². The van der Waals surface area contributed by atoms with Gasteiger partial charge in [0.15, 0.2) is 0 Å². The predicted molar refractivity (Wildman–Crippen MR) is 78.4 cm³/mol. The zero-order valence-electron chi connectivity index (χ0n) is 11.5. The molecule has 108 valence electrons. The fraction of sp³-hybridized carbons (Fsp3) is 0.125. The number of rotatable bonds is 4. The largest absolute Gasteiger partial charge is 0.478 e. The maximum Gasteiger partial charge on any atom is 0.411 e. The number of anilines is 1. The number of carboxylic acid groups (broad SMARTS) is 1. The Labute approximate surface area is 122 Å². The fourth-order valence-corrected chi connectivity index (χ4v) is 1.81. The number of aromatic carboxylic acids is 1. The molecule has 2 aromatic carbocycles. The summed E-state index contributed by atoms with van der Waals surface area (Å²) in [6.45, 7) is 1.91. The average Bonchev–Trinajstić information content (AvgIpc) is 2.48. The summed E-state index contributed by atoms with van der Waals surface area (Å²) in [5.74, 6) is -1.10. The van der Waals surface area contributed by atoms with Crippen LogP contribution in [0.5, 0.6) is 0 Å². The third-order valence-corrected chi connectivity index (χ3v) is 2.85. The molecule has 2 N–H and O–H groups in total. The summed E-state index contributed by atoms with van der Waals surface area (Å²) in [6, 6.07) is 14.0. The minimum atomic E-state index is -1.10. The molecule has 5 heteroatoms. The van der Waals surface area contributed by atoms with Crippen LogP contribution in [0.15, 0.2) is 48.5 Å². The Morgan fingerprint density at radius 1 is 1.14 bits per heavy atom. The highest BCUT2D eigenvalue weighted by molar-refractivity contribution is 5.98. The molecular weight excluding hydrogens is 270 g/mol. The molecule has 0 bridgehead atoms. The molecule has 0 aliphatic heterocycles. The number of ether oxygens (including phenoxy) is 1. The van der Waals surface area contributed by atoms with E-state index in [2.05, 4.69) is 5.32 Å². The van der Waals surface area contributed by atoms with Crippen molar-refractivity contribution in [3.8, 4) is 0 Å². The van der Waals surface area contributed by atoms with Gasteiger partial charge in [0, 0.05) is 0 Å². The summed E-state index contributed by atoms with van der Waals surface area (Å²) in [5.41, 5.74) is 1.91. The lowest BCUT2D eigenvalue weighted by molar-refractivity contribution is 0.0698. The van der Waals surface area contributed by atoms with Crippen molar-refractivity contribution in [2.24, 2.45) is 0 Å². The van der Waals surface area contributed by atoms with Crippen LogP contribution in [-0.4, -0.2) is 17.2 Å². The van der Waals surface area contributed by atoms with E-state index < -0.39 is 12.1 Å². The molecule has 0 heterocycles. The van der Waals surface area contributed by atoms with Crippen LogP contribution < -0.4 is 5.32 Å². The SMILES string of the molecule is Cc1ccc(NC(=O)OCc2ccccc2)c(C(=O)O)c1. The first-order valence-corrected chi connectivity index (χ1v) is 6.38.